The van der Waals surface area contributed by atoms with Gasteiger partial charge in [0.15, 0.2) is 0 Å². The minimum Gasteiger partial charge on any atom is -0.498 e. The van der Waals surface area contributed by atoms with Crippen molar-refractivity contribution in [3.63, 3.8) is 0 Å². The molecular weight excluding hydrogens is 409 g/mol. The molecule has 5 nitrogen and oxygen atoms in total. The lowest BCUT2D eigenvalue weighted by atomic mass is 10.0. The summed E-state index contributed by atoms with van der Waals surface area (Å²) in [6.45, 7) is 12.3. The molecule has 4 rings (SSSR count). The summed E-state index contributed by atoms with van der Waals surface area (Å²) < 4.78 is 33.1. The van der Waals surface area contributed by atoms with Crippen LogP contribution in [0.2, 0.25) is 39.3 Å². The van der Waals surface area contributed by atoms with E-state index in [9.17, 15) is 0 Å². The summed E-state index contributed by atoms with van der Waals surface area (Å²) in [7, 11) is -10.7. The van der Waals surface area contributed by atoms with Crippen LogP contribution in [0.5, 0.6) is 5.75 Å². The van der Waals surface area contributed by atoms with Crippen molar-refractivity contribution >= 4 is 39.7 Å². The van der Waals surface area contributed by atoms with Gasteiger partial charge in [-0.25, -0.2) is 0 Å². The van der Waals surface area contributed by atoms with Crippen molar-refractivity contribution < 1.29 is 20.9 Å². The van der Waals surface area contributed by atoms with Crippen LogP contribution in [-0.4, -0.2) is 34.5 Å². The lowest BCUT2D eigenvalue weighted by Crippen LogP contribution is -2.73. The third kappa shape index (κ3) is 3.66. The Morgan fingerprint density at radius 3 is 1.67 bits per heavy atom. The Bertz CT molecular complexity index is 862. The molecule has 1 spiro atoms. The molecule has 27 heavy (non-hydrogen) atoms. The Morgan fingerprint density at radius 1 is 0.556 bits per heavy atom. The second kappa shape index (κ2) is 6.22. The van der Waals surface area contributed by atoms with Crippen LogP contribution in [-0.2, 0) is 16.5 Å². The summed E-state index contributed by atoms with van der Waals surface area (Å²) in [5, 5.41) is 0.999. The fourth-order valence-corrected chi connectivity index (χ4v) is 23.5. The Kier molecular flexibility index (Phi) is 4.44. The van der Waals surface area contributed by atoms with Crippen LogP contribution in [0, 0.1) is 0 Å². The van der Waals surface area contributed by atoms with Crippen molar-refractivity contribution in [1.29, 1.82) is 0 Å². The average molecular weight is 435 g/mol. The van der Waals surface area contributed by atoms with Crippen LogP contribution in [0.25, 0.3) is 11.1 Å². The van der Waals surface area contributed by atoms with E-state index in [4.69, 9.17) is 20.9 Å². The lowest BCUT2D eigenvalue weighted by Gasteiger charge is -2.48. The molecule has 1 saturated heterocycles. The van der Waals surface area contributed by atoms with Crippen LogP contribution in [0.3, 0.4) is 0 Å². The topological polar surface area (TPSA) is 46.2 Å². The summed E-state index contributed by atoms with van der Waals surface area (Å²) in [4.78, 5) is 0. The van der Waals surface area contributed by atoms with E-state index in [1.165, 1.54) is 0 Å². The highest BCUT2D eigenvalue weighted by molar-refractivity contribution is 6.96. The molecule has 2 aromatic carbocycles. The highest BCUT2D eigenvalue weighted by Crippen LogP contribution is 2.40. The largest absolute Gasteiger partial charge is 0.585 e. The molecule has 2 aliphatic rings. The van der Waals surface area contributed by atoms with Gasteiger partial charge in [0, 0.05) is 10.8 Å². The molecule has 144 valence electrons. The molecule has 9 heteroatoms. The van der Waals surface area contributed by atoms with Gasteiger partial charge in [-0.2, -0.15) is 0 Å². The predicted octanol–water partition coefficient (Wildman–Crippen LogP) is 4.08. The van der Waals surface area contributed by atoms with Gasteiger partial charge >= 0.3 is 34.5 Å². The van der Waals surface area contributed by atoms with Gasteiger partial charge < -0.3 is 20.9 Å². The first-order chi connectivity index (χ1) is 12.5. The zero-order valence-electron chi connectivity index (χ0n) is 16.7. The predicted molar refractivity (Wildman–Crippen MR) is 115 cm³/mol. The molecule has 0 aromatic heterocycles. The molecule has 2 aliphatic heterocycles. The molecular formula is C18H26O5Si4. The van der Waals surface area contributed by atoms with Crippen LogP contribution in [0.15, 0.2) is 48.5 Å². The maximum Gasteiger partial charge on any atom is 0.585 e. The Labute approximate surface area is 165 Å². The van der Waals surface area contributed by atoms with Crippen LogP contribution in [0.4, 0.5) is 0 Å². The average Bonchev–Trinajstić information content (AvgIpc) is 2.50. The molecule has 0 atom stereocenters. The van der Waals surface area contributed by atoms with E-state index in [1.807, 2.05) is 30.3 Å². The van der Waals surface area contributed by atoms with Crippen molar-refractivity contribution in [2.75, 3.05) is 0 Å². The Balaban J connectivity index is 1.91. The summed E-state index contributed by atoms with van der Waals surface area (Å²) in [5.74, 6) is 0.801. The minimum atomic E-state index is -3.26. The fourth-order valence-electron chi connectivity index (χ4n) is 4.03. The van der Waals surface area contributed by atoms with E-state index in [0.29, 0.717) is 0 Å². The molecule has 0 N–H and O–H groups in total. The monoisotopic (exact) mass is 434 g/mol. The second-order valence-electron chi connectivity index (χ2n) is 8.31. The van der Waals surface area contributed by atoms with Gasteiger partial charge in [0.1, 0.15) is 5.75 Å². The summed E-state index contributed by atoms with van der Waals surface area (Å²) in [6.07, 6.45) is 0. The quantitative estimate of drug-likeness (QED) is 0.585. The highest BCUT2D eigenvalue weighted by atomic mass is 28.5. The maximum absolute atomic E-state index is 6.76. The Morgan fingerprint density at radius 2 is 1.04 bits per heavy atom. The van der Waals surface area contributed by atoms with E-state index < -0.39 is 34.5 Å². The molecule has 0 unspecified atom stereocenters. The second-order valence-corrected chi connectivity index (χ2v) is 21.8. The number of fused-ring (bicyclic) bond motifs is 4. The normalized spacial score (nSPS) is 24.1. The molecule has 0 saturated carbocycles. The van der Waals surface area contributed by atoms with Crippen LogP contribution in [0.1, 0.15) is 0 Å². The van der Waals surface area contributed by atoms with Gasteiger partial charge in [-0.1, -0.05) is 42.5 Å². The van der Waals surface area contributed by atoms with E-state index in [-0.39, 0.29) is 0 Å². The Hall–Kier alpha value is -1.05. The highest BCUT2D eigenvalue weighted by Gasteiger charge is 2.61. The van der Waals surface area contributed by atoms with Crippen molar-refractivity contribution in [3.05, 3.63) is 48.5 Å². The third-order valence-electron chi connectivity index (χ3n) is 4.42. The first kappa shape index (κ1) is 19.3. The van der Waals surface area contributed by atoms with Gasteiger partial charge in [-0.15, -0.1) is 0 Å². The van der Waals surface area contributed by atoms with Crippen LogP contribution < -0.4 is 9.61 Å². The number of hydrogen-bond donors (Lipinski definition) is 0. The van der Waals surface area contributed by atoms with Gasteiger partial charge in [-0.05, 0) is 50.9 Å². The molecule has 2 heterocycles. The molecule has 1 fully saturated rings. The molecule has 0 radical (unpaired) electrons. The first-order valence-corrected chi connectivity index (χ1v) is 19.4. The smallest absolute Gasteiger partial charge is 0.498 e. The number of para-hydroxylation sites is 1. The van der Waals surface area contributed by atoms with Gasteiger partial charge in [0.2, 0.25) is 0 Å². The number of rotatable bonds is 0. The molecule has 2 aromatic rings. The standard InChI is InChI=1S/C18H26O5Si4/c1-24(2)20-25(3,4)22-27(23-26(5,6)21-24)18-14-10-8-12-16(18)15-11-7-9-13-17(15)19-27/h7-14H,1-6H3. The fraction of sp³-hybridized carbons (Fsp3) is 0.333. The summed E-state index contributed by atoms with van der Waals surface area (Å²) in [6, 6.07) is 16.3. The third-order valence-corrected chi connectivity index (χ3v) is 20.0. The molecule has 0 aliphatic carbocycles. The summed E-state index contributed by atoms with van der Waals surface area (Å²) in [5.41, 5.74) is 2.17. The van der Waals surface area contributed by atoms with Gasteiger partial charge in [-0.3, -0.25) is 0 Å². The lowest BCUT2D eigenvalue weighted by molar-refractivity contribution is 0.190. The number of hydrogen-bond acceptors (Lipinski definition) is 5. The first-order valence-electron chi connectivity index (χ1n) is 9.20. The zero-order chi connectivity index (χ0) is 19.5. The van der Waals surface area contributed by atoms with Crippen molar-refractivity contribution in [1.82, 2.24) is 0 Å². The minimum absolute atomic E-state index is 0.801. The van der Waals surface area contributed by atoms with Crippen molar-refractivity contribution in [2.45, 2.75) is 39.3 Å². The van der Waals surface area contributed by atoms with E-state index in [1.54, 1.807) is 0 Å². The van der Waals surface area contributed by atoms with Crippen LogP contribution >= 0.6 is 0 Å². The molecule has 0 amide bonds. The summed E-state index contributed by atoms with van der Waals surface area (Å²) >= 11 is 0. The van der Waals surface area contributed by atoms with Gasteiger partial charge in [0.25, 0.3) is 0 Å². The van der Waals surface area contributed by atoms with E-state index in [2.05, 4.69) is 57.5 Å². The zero-order valence-corrected chi connectivity index (χ0v) is 20.7. The SMILES string of the molecule is C[Si]1(C)O[Si](C)(C)O[Si]2(Oc3ccccc3-c3ccccc32)O[Si](C)(C)O1. The van der Waals surface area contributed by atoms with Gasteiger partial charge in [0.05, 0.1) is 0 Å². The van der Waals surface area contributed by atoms with Crippen molar-refractivity contribution in [2.24, 2.45) is 0 Å². The van der Waals surface area contributed by atoms with E-state index >= 15 is 0 Å². The maximum atomic E-state index is 6.76. The van der Waals surface area contributed by atoms with E-state index in [0.717, 1.165) is 22.1 Å². The van der Waals surface area contributed by atoms with Crippen molar-refractivity contribution in [3.8, 4) is 16.9 Å². The molecule has 0 bridgehead atoms. The number of benzene rings is 2.